The molecule has 0 fully saturated rings. The lowest BCUT2D eigenvalue weighted by Gasteiger charge is -2.26. The molecule has 0 radical (unpaired) electrons. The number of para-hydroxylation sites is 1. The van der Waals surface area contributed by atoms with Gasteiger partial charge in [0, 0.05) is 92.7 Å². The van der Waals surface area contributed by atoms with Gasteiger partial charge in [0.2, 0.25) is 21.6 Å². The number of rotatable bonds is 19. The van der Waals surface area contributed by atoms with E-state index in [1.54, 1.807) is 12.1 Å². The maximum atomic E-state index is 13.7. The third-order valence-electron chi connectivity index (χ3n) is 11.0. The van der Waals surface area contributed by atoms with Crippen LogP contribution in [0.5, 0.6) is 0 Å². The van der Waals surface area contributed by atoms with E-state index in [9.17, 15) is 35.8 Å². The van der Waals surface area contributed by atoms with Gasteiger partial charge in [-0.25, -0.2) is 12.7 Å². The Labute approximate surface area is 349 Å². The highest BCUT2D eigenvalue weighted by atomic mass is 32.2. The molecule has 0 spiro atoms. The number of allylic oxidation sites excluding steroid dienone is 8. The number of amides is 3. The van der Waals surface area contributed by atoms with Crippen molar-refractivity contribution >= 4 is 54.9 Å². The van der Waals surface area contributed by atoms with Crippen LogP contribution in [0.2, 0.25) is 0 Å². The van der Waals surface area contributed by atoms with E-state index in [-0.39, 0.29) is 54.4 Å². The molecule has 3 amide bonds. The second-order valence-corrected chi connectivity index (χ2v) is 19.5. The average molecular weight is 847 g/mol. The van der Waals surface area contributed by atoms with Gasteiger partial charge in [-0.2, -0.15) is 13.0 Å². The van der Waals surface area contributed by atoms with Crippen molar-refractivity contribution in [2.24, 2.45) is 0 Å². The summed E-state index contributed by atoms with van der Waals surface area (Å²) >= 11 is 0. The predicted molar refractivity (Wildman–Crippen MR) is 231 cm³/mol. The fourth-order valence-corrected chi connectivity index (χ4v) is 9.59. The van der Waals surface area contributed by atoms with Gasteiger partial charge in [-0.3, -0.25) is 23.8 Å². The molecule has 316 valence electrons. The minimum absolute atomic E-state index is 0.0690. The molecule has 0 bridgehead atoms. The summed E-state index contributed by atoms with van der Waals surface area (Å²) in [5.74, 6) is -1.43. The number of nitrogens with one attached hydrogen (secondary N) is 1. The number of sulfonamides is 1. The molecule has 15 heteroatoms. The molecule has 3 heterocycles. The zero-order chi connectivity index (χ0) is 43.2. The van der Waals surface area contributed by atoms with Gasteiger partial charge in [-0.05, 0) is 56.5 Å². The molecule has 13 nitrogen and oxygen atoms in total. The van der Waals surface area contributed by atoms with Gasteiger partial charge >= 0.3 is 0 Å². The number of benzene rings is 2. The SMILES string of the molecule is CCCN1/C(=C/C=C/C=C/C=C/C2=[N+](CCCS(=O)(=O)O)c3ccccc3C2(C)C)C(C)(C)c2cc(S(=O)(=O)N(C)CCCC(=O)NCCN3C(=O)C=CC3=O)ccc21. The van der Waals surface area contributed by atoms with E-state index in [1.807, 2.05) is 60.7 Å². The molecule has 2 N–H and O–H groups in total. The lowest BCUT2D eigenvalue weighted by Crippen LogP contribution is -2.38. The largest absolute Gasteiger partial charge is 0.354 e. The van der Waals surface area contributed by atoms with Crippen molar-refractivity contribution in [3.63, 3.8) is 0 Å². The Hall–Kier alpha value is -4.96. The van der Waals surface area contributed by atoms with E-state index in [1.165, 1.54) is 23.5 Å². The van der Waals surface area contributed by atoms with Crippen molar-refractivity contribution in [2.45, 2.75) is 76.0 Å². The normalized spacial score (nSPS) is 18.2. The van der Waals surface area contributed by atoms with Crippen LogP contribution in [0.1, 0.15) is 71.4 Å². The van der Waals surface area contributed by atoms with E-state index in [0.29, 0.717) is 13.0 Å². The van der Waals surface area contributed by atoms with Crippen LogP contribution >= 0.6 is 0 Å². The number of anilines is 1. The molecule has 3 aliphatic rings. The number of nitrogens with zero attached hydrogens (tertiary/aromatic N) is 4. The summed E-state index contributed by atoms with van der Waals surface area (Å²) in [5, 5.41) is 2.68. The van der Waals surface area contributed by atoms with E-state index in [4.69, 9.17) is 0 Å². The van der Waals surface area contributed by atoms with Crippen molar-refractivity contribution in [3.8, 4) is 0 Å². The Balaban J connectivity index is 1.23. The molecule has 0 unspecified atom stereocenters. The molecule has 2 aromatic carbocycles. The van der Waals surface area contributed by atoms with Crippen molar-refractivity contribution in [2.75, 3.05) is 50.4 Å². The lowest BCUT2D eigenvalue weighted by molar-refractivity contribution is -0.437. The molecular weight excluding hydrogens is 791 g/mol. The summed E-state index contributed by atoms with van der Waals surface area (Å²) in [6.45, 7) is 12.1. The minimum atomic E-state index is -4.06. The van der Waals surface area contributed by atoms with E-state index >= 15 is 0 Å². The van der Waals surface area contributed by atoms with Crippen LogP contribution in [0.3, 0.4) is 0 Å². The number of imide groups is 1. The molecule has 0 atom stereocenters. The number of hydrogen-bond acceptors (Lipinski definition) is 8. The first-order chi connectivity index (χ1) is 27.8. The summed E-state index contributed by atoms with van der Waals surface area (Å²) in [5.41, 5.74) is 5.30. The van der Waals surface area contributed by atoms with Gasteiger partial charge in [0.05, 0.1) is 16.1 Å². The number of carbonyl (C=O) groups is 3. The van der Waals surface area contributed by atoms with Gasteiger partial charge in [0.1, 0.15) is 6.54 Å². The summed E-state index contributed by atoms with van der Waals surface area (Å²) in [6, 6.07) is 13.3. The summed E-state index contributed by atoms with van der Waals surface area (Å²) in [4.78, 5) is 39.2. The standard InChI is InChI=1S/C44H55N5O8S2/c1-7-27-47-37-23-22-33(59(56,57)46(6)28-15-21-40(50)45-26-30-49-41(51)24-25-42(49)52)32-35(37)44(4,5)39(47)20-12-10-8-9-11-19-38-43(2,3)34-17-13-14-18-36(34)48(38)29-16-31-58(53,54)55/h8-14,17-20,22-25,32H,7,15-16,21,26-31H2,1-6H3,(H-,45,50,53,54,55)/p+1. The van der Waals surface area contributed by atoms with Crippen LogP contribution < -0.4 is 10.2 Å². The van der Waals surface area contributed by atoms with Crippen LogP contribution in [0, 0.1) is 0 Å². The van der Waals surface area contributed by atoms with Gasteiger partial charge in [0.15, 0.2) is 5.71 Å². The molecular formula is C44H56N5O8S2+. The quantitative estimate of drug-likeness (QED) is 0.0800. The fourth-order valence-electron chi connectivity index (χ4n) is 7.86. The van der Waals surface area contributed by atoms with Crippen LogP contribution in [0.15, 0.2) is 108 Å². The van der Waals surface area contributed by atoms with Crippen molar-refractivity contribution in [3.05, 3.63) is 114 Å². The average Bonchev–Trinajstić information content (AvgIpc) is 3.69. The minimum Gasteiger partial charge on any atom is -0.354 e. The van der Waals surface area contributed by atoms with Gasteiger partial charge in [-0.1, -0.05) is 69.4 Å². The second-order valence-electron chi connectivity index (χ2n) is 15.9. The first-order valence-electron chi connectivity index (χ1n) is 19.9. The number of carbonyl (C=O) groups excluding carboxylic acids is 3. The lowest BCUT2D eigenvalue weighted by atomic mass is 9.81. The smallest absolute Gasteiger partial charge is 0.265 e. The summed E-state index contributed by atoms with van der Waals surface area (Å²) in [6.07, 6.45) is 17.8. The second kappa shape index (κ2) is 18.5. The van der Waals surface area contributed by atoms with Crippen LogP contribution in [0.4, 0.5) is 11.4 Å². The summed E-state index contributed by atoms with van der Waals surface area (Å²) in [7, 11) is -6.42. The Morgan fingerprint density at radius 3 is 2.24 bits per heavy atom. The molecule has 2 aromatic rings. The molecule has 0 saturated heterocycles. The van der Waals surface area contributed by atoms with Gasteiger partial charge in [-0.15, -0.1) is 0 Å². The zero-order valence-electron chi connectivity index (χ0n) is 34.7. The molecule has 5 rings (SSSR count). The highest BCUT2D eigenvalue weighted by Crippen LogP contribution is 2.48. The Morgan fingerprint density at radius 2 is 1.54 bits per heavy atom. The van der Waals surface area contributed by atoms with Crippen LogP contribution in [-0.2, 0) is 45.4 Å². The molecule has 3 aliphatic heterocycles. The Kier molecular flexibility index (Phi) is 14.2. The topological polar surface area (TPSA) is 164 Å². The maximum absolute atomic E-state index is 13.7. The Morgan fingerprint density at radius 1 is 0.864 bits per heavy atom. The fraction of sp³-hybridized carbons (Fsp3) is 0.409. The first-order valence-corrected chi connectivity index (χ1v) is 23.0. The van der Waals surface area contributed by atoms with Crippen molar-refractivity contribution in [1.82, 2.24) is 14.5 Å². The predicted octanol–water partition coefficient (Wildman–Crippen LogP) is 5.54. The number of hydrogen-bond donors (Lipinski definition) is 2. The third-order valence-corrected chi connectivity index (χ3v) is 13.6. The van der Waals surface area contributed by atoms with Crippen molar-refractivity contribution < 1.29 is 40.3 Å². The monoisotopic (exact) mass is 846 g/mol. The maximum Gasteiger partial charge on any atom is 0.265 e. The van der Waals surface area contributed by atoms with E-state index < -0.39 is 37.4 Å². The molecule has 0 aromatic heterocycles. The van der Waals surface area contributed by atoms with E-state index in [2.05, 4.69) is 61.6 Å². The van der Waals surface area contributed by atoms with Gasteiger partial charge in [0.25, 0.3) is 21.9 Å². The molecule has 59 heavy (non-hydrogen) atoms. The van der Waals surface area contributed by atoms with Gasteiger partial charge < -0.3 is 10.2 Å². The number of fused-ring (bicyclic) bond motifs is 2. The van der Waals surface area contributed by atoms with Crippen LogP contribution in [0.25, 0.3) is 0 Å². The summed E-state index contributed by atoms with van der Waals surface area (Å²) < 4.78 is 62.9. The first kappa shape index (κ1) is 45.1. The highest BCUT2D eigenvalue weighted by molar-refractivity contribution is 7.89. The highest BCUT2D eigenvalue weighted by Gasteiger charge is 2.44. The third kappa shape index (κ3) is 10.3. The molecule has 0 aliphatic carbocycles. The Bertz CT molecular complexity index is 2350. The van der Waals surface area contributed by atoms with Crippen molar-refractivity contribution in [1.29, 1.82) is 0 Å². The molecule has 0 saturated carbocycles. The van der Waals surface area contributed by atoms with Crippen LogP contribution in [-0.4, -0.2) is 104 Å². The van der Waals surface area contributed by atoms with E-state index in [0.717, 1.165) is 51.8 Å². The zero-order valence-corrected chi connectivity index (χ0v) is 36.4.